The van der Waals surface area contributed by atoms with E-state index in [2.05, 4.69) is 20.6 Å². The lowest BCUT2D eigenvalue weighted by atomic mass is 10.1. The highest BCUT2D eigenvalue weighted by Crippen LogP contribution is 2.29. The molecule has 7 nitrogen and oxygen atoms in total. The average molecular weight is 493 g/mol. The zero-order chi connectivity index (χ0) is 25.6. The molecule has 5 aromatic rings. The molecule has 0 spiro atoms. The Kier molecular flexibility index (Phi) is 6.80. The molecule has 0 aliphatic heterocycles. The third-order valence-corrected chi connectivity index (χ3v) is 5.63. The molecule has 8 heteroatoms. The van der Waals surface area contributed by atoms with E-state index in [9.17, 15) is 14.0 Å². The first kappa shape index (κ1) is 23.6. The molecular weight excluding hydrogens is 471 g/mol. The smallest absolute Gasteiger partial charge is 0.255 e. The third-order valence-electron chi connectivity index (χ3n) is 5.63. The number of amides is 2. The van der Waals surface area contributed by atoms with Crippen LogP contribution >= 0.6 is 0 Å². The van der Waals surface area contributed by atoms with Crippen LogP contribution in [0, 0.1) is 5.82 Å². The summed E-state index contributed by atoms with van der Waals surface area (Å²) in [6, 6.07) is 23.6. The van der Waals surface area contributed by atoms with Crippen molar-refractivity contribution in [1.82, 2.24) is 15.3 Å². The molecule has 0 saturated heterocycles. The number of nitrogens with zero attached hydrogens (tertiary/aromatic N) is 2. The first-order valence-electron chi connectivity index (χ1n) is 11.5. The monoisotopic (exact) mass is 492 g/mol. The second-order valence-electron chi connectivity index (χ2n) is 8.13. The SMILES string of the molecule is O=C(Nc1cccc(CNC(=O)c2ccccc2-c2ncc(-c3ccccc3F)o2)c1)c1ccncc1. The zero-order valence-corrected chi connectivity index (χ0v) is 19.5. The molecule has 0 bridgehead atoms. The van der Waals surface area contributed by atoms with E-state index >= 15 is 0 Å². The number of rotatable bonds is 7. The maximum atomic E-state index is 14.2. The van der Waals surface area contributed by atoms with Crippen LogP contribution in [0.15, 0.2) is 108 Å². The molecule has 182 valence electrons. The molecular formula is C29H21FN4O3. The van der Waals surface area contributed by atoms with E-state index in [1.165, 1.54) is 12.3 Å². The molecule has 2 aromatic heterocycles. The van der Waals surface area contributed by atoms with E-state index in [-0.39, 0.29) is 30.0 Å². The standard InChI is InChI=1S/C29H21FN4O3/c30-25-11-4-3-10-24(25)26-18-33-29(37-26)23-9-2-1-8-22(23)28(36)32-17-19-6-5-7-21(16-19)34-27(35)20-12-14-31-15-13-20/h1-16,18H,17H2,(H,32,36)(H,34,35). The Hall–Kier alpha value is -5.11. The minimum Gasteiger partial charge on any atom is -0.436 e. The summed E-state index contributed by atoms with van der Waals surface area (Å²) in [6.07, 6.45) is 4.55. The second kappa shape index (κ2) is 10.7. The molecule has 0 unspecified atom stereocenters. The summed E-state index contributed by atoms with van der Waals surface area (Å²) in [4.78, 5) is 33.7. The minimum atomic E-state index is -0.421. The number of aromatic nitrogens is 2. The van der Waals surface area contributed by atoms with E-state index in [0.717, 1.165) is 5.56 Å². The molecule has 0 aliphatic carbocycles. The van der Waals surface area contributed by atoms with Crippen LogP contribution in [0.4, 0.5) is 10.1 Å². The number of hydrogen-bond acceptors (Lipinski definition) is 5. The number of nitrogens with one attached hydrogen (secondary N) is 2. The summed E-state index contributed by atoms with van der Waals surface area (Å²) in [5.41, 5.74) is 3.05. The van der Waals surface area contributed by atoms with Gasteiger partial charge in [-0.25, -0.2) is 9.37 Å². The van der Waals surface area contributed by atoms with E-state index in [1.807, 2.05) is 6.07 Å². The maximum absolute atomic E-state index is 14.2. The number of oxazole rings is 1. The van der Waals surface area contributed by atoms with Crippen molar-refractivity contribution in [2.75, 3.05) is 5.32 Å². The van der Waals surface area contributed by atoms with Crippen LogP contribution in [0.25, 0.3) is 22.8 Å². The molecule has 0 fully saturated rings. The average Bonchev–Trinajstić information content (AvgIpc) is 3.43. The van der Waals surface area contributed by atoms with Crippen molar-refractivity contribution < 1.29 is 18.4 Å². The molecule has 0 saturated carbocycles. The Labute approximate surface area is 212 Å². The van der Waals surface area contributed by atoms with Crippen molar-refractivity contribution in [1.29, 1.82) is 0 Å². The van der Waals surface area contributed by atoms with Crippen molar-refractivity contribution in [2.45, 2.75) is 6.54 Å². The van der Waals surface area contributed by atoms with Gasteiger partial charge in [-0.1, -0.05) is 36.4 Å². The van der Waals surface area contributed by atoms with Gasteiger partial charge in [-0.2, -0.15) is 0 Å². The summed E-state index contributed by atoms with van der Waals surface area (Å²) in [6.45, 7) is 0.234. The summed E-state index contributed by atoms with van der Waals surface area (Å²) in [5.74, 6) is -0.514. The number of halogens is 1. The fourth-order valence-corrected chi connectivity index (χ4v) is 3.79. The molecule has 2 N–H and O–H groups in total. The Morgan fingerprint density at radius 1 is 0.838 bits per heavy atom. The maximum Gasteiger partial charge on any atom is 0.255 e. The quantitative estimate of drug-likeness (QED) is 0.303. The number of hydrogen-bond donors (Lipinski definition) is 2. The van der Waals surface area contributed by atoms with Crippen LogP contribution in [-0.4, -0.2) is 21.8 Å². The second-order valence-corrected chi connectivity index (χ2v) is 8.13. The number of anilines is 1. The Balaban J connectivity index is 1.29. The van der Waals surface area contributed by atoms with Crippen LogP contribution in [0.5, 0.6) is 0 Å². The Morgan fingerprint density at radius 2 is 1.59 bits per heavy atom. The molecule has 2 heterocycles. The highest BCUT2D eigenvalue weighted by Gasteiger charge is 2.18. The fourth-order valence-electron chi connectivity index (χ4n) is 3.79. The van der Waals surface area contributed by atoms with Gasteiger partial charge in [-0.3, -0.25) is 14.6 Å². The fraction of sp³-hybridized carbons (Fsp3) is 0.0345. The van der Waals surface area contributed by atoms with Crippen molar-refractivity contribution in [3.8, 4) is 22.8 Å². The number of benzene rings is 3. The van der Waals surface area contributed by atoms with Gasteiger partial charge >= 0.3 is 0 Å². The summed E-state index contributed by atoms with van der Waals surface area (Å²) < 4.78 is 20.0. The van der Waals surface area contributed by atoms with Crippen molar-refractivity contribution in [3.63, 3.8) is 0 Å². The summed E-state index contributed by atoms with van der Waals surface area (Å²) in [7, 11) is 0. The predicted octanol–water partition coefficient (Wildman–Crippen LogP) is 5.73. The first-order valence-corrected chi connectivity index (χ1v) is 11.5. The van der Waals surface area contributed by atoms with Crippen molar-refractivity contribution >= 4 is 17.5 Å². The highest BCUT2D eigenvalue weighted by molar-refractivity contribution is 6.04. The van der Waals surface area contributed by atoms with E-state index in [4.69, 9.17) is 4.42 Å². The van der Waals surface area contributed by atoms with Gasteiger partial charge in [0.25, 0.3) is 11.8 Å². The molecule has 3 aromatic carbocycles. The summed E-state index contributed by atoms with van der Waals surface area (Å²) >= 11 is 0. The van der Waals surface area contributed by atoms with Gasteiger partial charge in [0, 0.05) is 35.8 Å². The molecule has 0 atom stereocenters. The minimum absolute atomic E-state index is 0.213. The molecule has 37 heavy (non-hydrogen) atoms. The third kappa shape index (κ3) is 5.43. The predicted molar refractivity (Wildman–Crippen MR) is 137 cm³/mol. The van der Waals surface area contributed by atoms with Crippen LogP contribution < -0.4 is 10.6 Å². The van der Waals surface area contributed by atoms with Gasteiger partial charge in [0.05, 0.1) is 17.3 Å². The Morgan fingerprint density at radius 3 is 2.41 bits per heavy atom. The van der Waals surface area contributed by atoms with Crippen LogP contribution in [0.3, 0.4) is 0 Å². The van der Waals surface area contributed by atoms with Crippen molar-refractivity contribution in [2.24, 2.45) is 0 Å². The molecule has 2 amide bonds. The van der Waals surface area contributed by atoms with Gasteiger partial charge in [0.15, 0.2) is 5.76 Å². The number of carbonyl (C=O) groups excluding carboxylic acids is 2. The van der Waals surface area contributed by atoms with Gasteiger partial charge in [-0.05, 0) is 54.1 Å². The molecule has 5 rings (SSSR count). The van der Waals surface area contributed by atoms with Crippen LogP contribution in [0.1, 0.15) is 26.3 Å². The van der Waals surface area contributed by atoms with Gasteiger partial charge in [-0.15, -0.1) is 0 Å². The van der Waals surface area contributed by atoms with Gasteiger partial charge < -0.3 is 15.1 Å². The van der Waals surface area contributed by atoms with Gasteiger partial charge in [0.2, 0.25) is 5.89 Å². The van der Waals surface area contributed by atoms with Crippen LogP contribution in [-0.2, 0) is 6.54 Å². The lowest BCUT2D eigenvalue weighted by Crippen LogP contribution is -2.23. The van der Waals surface area contributed by atoms with Crippen molar-refractivity contribution in [3.05, 3.63) is 126 Å². The molecule has 0 aliphatic rings. The van der Waals surface area contributed by atoms with E-state index in [1.54, 1.807) is 85.2 Å². The first-order chi connectivity index (χ1) is 18.1. The molecule has 0 radical (unpaired) electrons. The summed E-state index contributed by atoms with van der Waals surface area (Å²) in [5, 5.41) is 5.74. The lowest BCUT2D eigenvalue weighted by molar-refractivity contribution is 0.0950. The lowest BCUT2D eigenvalue weighted by Gasteiger charge is -2.10. The highest BCUT2D eigenvalue weighted by atomic mass is 19.1. The van der Waals surface area contributed by atoms with E-state index < -0.39 is 5.82 Å². The zero-order valence-electron chi connectivity index (χ0n) is 19.5. The van der Waals surface area contributed by atoms with Crippen LogP contribution in [0.2, 0.25) is 0 Å². The topological polar surface area (TPSA) is 97.1 Å². The number of pyridine rings is 1. The van der Waals surface area contributed by atoms with E-state index in [0.29, 0.717) is 27.9 Å². The Bertz CT molecular complexity index is 1570. The number of carbonyl (C=O) groups is 2. The van der Waals surface area contributed by atoms with Gasteiger partial charge in [0.1, 0.15) is 5.82 Å². The normalized spacial score (nSPS) is 10.6. The largest absolute Gasteiger partial charge is 0.436 e.